The van der Waals surface area contributed by atoms with Crippen molar-refractivity contribution in [3.63, 3.8) is 0 Å². The third-order valence-corrected chi connectivity index (χ3v) is 3.58. The van der Waals surface area contributed by atoms with E-state index in [1.165, 1.54) is 0 Å². The Morgan fingerprint density at radius 3 is 1.29 bits per heavy atom. The molecule has 2 aromatic rings. The maximum absolute atomic E-state index is 13.7. The summed E-state index contributed by atoms with van der Waals surface area (Å²) in [4.78, 5) is 11.6. The van der Waals surface area contributed by atoms with E-state index in [1.54, 1.807) is 0 Å². The van der Waals surface area contributed by atoms with Gasteiger partial charge in [-0.05, 0) is 24.3 Å². The smallest absolute Gasteiger partial charge is 0.390 e. The third-order valence-electron chi connectivity index (χ3n) is 3.02. The Bertz CT molecular complexity index is 805. The topological polar surface area (TPSA) is 35.5 Å². The summed E-state index contributed by atoms with van der Waals surface area (Å²) in [7, 11) is 0. The van der Waals surface area contributed by atoms with E-state index in [0.29, 0.717) is 0 Å². The van der Waals surface area contributed by atoms with Gasteiger partial charge in [0.15, 0.2) is 23.1 Å². The number of rotatable bonds is 2. The first-order valence-corrected chi connectivity index (χ1v) is 7.48. The molecule has 0 aromatic heterocycles. The number of carbonyl (C=O) groups excluding carboxylic acids is 1. The van der Waals surface area contributed by atoms with Crippen LogP contribution in [0.2, 0.25) is 10.0 Å². The van der Waals surface area contributed by atoms with Gasteiger partial charge >= 0.3 is 18.5 Å². The van der Waals surface area contributed by atoms with Gasteiger partial charge < -0.3 is 9.47 Å². The number of hydrogen-bond acceptors (Lipinski definition) is 3. The van der Waals surface area contributed by atoms with Crippen molar-refractivity contribution >= 4 is 29.4 Å². The normalized spacial score (nSPS) is 12.1. The summed E-state index contributed by atoms with van der Waals surface area (Å²) < 4.78 is 111. The molecule has 0 bridgehead atoms. The van der Waals surface area contributed by atoms with E-state index in [1.807, 2.05) is 0 Å². The maximum atomic E-state index is 13.7. The van der Waals surface area contributed by atoms with Crippen LogP contribution in [-0.2, 0) is 12.4 Å². The van der Waals surface area contributed by atoms with Crippen molar-refractivity contribution in [2.24, 2.45) is 0 Å². The van der Waals surface area contributed by atoms with E-state index in [-0.39, 0.29) is 24.3 Å². The van der Waals surface area contributed by atoms with Crippen LogP contribution < -0.4 is 9.47 Å². The lowest BCUT2D eigenvalue weighted by Gasteiger charge is -2.13. The zero-order chi connectivity index (χ0) is 21.4. The summed E-state index contributed by atoms with van der Waals surface area (Å²) in [5, 5.41) is -1.94. The molecule has 0 saturated carbocycles. The molecule has 0 aliphatic rings. The minimum absolute atomic E-state index is 0.0276. The van der Waals surface area contributed by atoms with Gasteiger partial charge in [-0.25, -0.2) is 13.6 Å². The highest BCUT2D eigenvalue weighted by atomic mass is 35.5. The zero-order valence-corrected chi connectivity index (χ0v) is 14.3. The fourth-order valence-electron chi connectivity index (χ4n) is 1.83. The fourth-order valence-corrected chi connectivity index (χ4v) is 2.32. The number of carbonyl (C=O) groups is 1. The SMILES string of the molecule is O=C(Oc1c(F)cc(C(F)(F)F)cc1Cl)Oc1c(F)cc(C(F)(F)F)cc1Cl. The summed E-state index contributed by atoms with van der Waals surface area (Å²) in [5.41, 5.74) is -2.96. The van der Waals surface area contributed by atoms with Crippen LogP contribution in [0.25, 0.3) is 0 Å². The Kier molecular flexibility index (Phi) is 6.00. The van der Waals surface area contributed by atoms with Gasteiger partial charge in [0, 0.05) is 0 Å². The largest absolute Gasteiger partial charge is 0.519 e. The summed E-state index contributed by atoms with van der Waals surface area (Å²) in [5.74, 6) is -5.75. The van der Waals surface area contributed by atoms with Crippen LogP contribution in [0.5, 0.6) is 11.5 Å². The molecule has 3 nitrogen and oxygen atoms in total. The molecule has 0 spiro atoms. The van der Waals surface area contributed by atoms with E-state index >= 15 is 0 Å². The van der Waals surface area contributed by atoms with Gasteiger partial charge in [0.2, 0.25) is 0 Å². The van der Waals surface area contributed by atoms with E-state index in [9.17, 15) is 39.9 Å². The van der Waals surface area contributed by atoms with Crippen molar-refractivity contribution in [1.29, 1.82) is 0 Å². The first-order valence-electron chi connectivity index (χ1n) is 6.72. The van der Waals surface area contributed by atoms with Crippen molar-refractivity contribution in [2.75, 3.05) is 0 Å². The lowest BCUT2D eigenvalue weighted by molar-refractivity contribution is -0.138. The van der Waals surface area contributed by atoms with Crippen molar-refractivity contribution < 1.29 is 49.4 Å². The Morgan fingerprint density at radius 1 is 0.714 bits per heavy atom. The van der Waals surface area contributed by atoms with Crippen molar-refractivity contribution in [3.8, 4) is 11.5 Å². The van der Waals surface area contributed by atoms with Crippen molar-refractivity contribution in [3.05, 3.63) is 57.1 Å². The van der Waals surface area contributed by atoms with Gasteiger partial charge in [-0.2, -0.15) is 26.3 Å². The monoisotopic (exact) mass is 454 g/mol. The second-order valence-corrected chi connectivity index (χ2v) is 5.80. The number of halogens is 10. The van der Waals surface area contributed by atoms with Crippen LogP contribution in [0.3, 0.4) is 0 Å². The molecule has 0 unspecified atom stereocenters. The van der Waals surface area contributed by atoms with Gasteiger partial charge in [0.25, 0.3) is 0 Å². The predicted molar refractivity (Wildman–Crippen MR) is 79.5 cm³/mol. The third kappa shape index (κ3) is 4.96. The summed E-state index contributed by atoms with van der Waals surface area (Å²) >= 11 is 10.8. The number of benzene rings is 2. The van der Waals surface area contributed by atoms with Crippen molar-refractivity contribution in [2.45, 2.75) is 12.4 Å². The van der Waals surface area contributed by atoms with Gasteiger partial charge in [-0.1, -0.05) is 23.2 Å². The average Bonchev–Trinajstić information content (AvgIpc) is 2.52. The highest BCUT2D eigenvalue weighted by molar-refractivity contribution is 6.32. The molecule has 13 heteroatoms. The average molecular weight is 455 g/mol. The highest BCUT2D eigenvalue weighted by Crippen LogP contribution is 2.39. The van der Waals surface area contributed by atoms with Crippen LogP contribution >= 0.6 is 23.2 Å². The van der Waals surface area contributed by atoms with E-state index in [4.69, 9.17) is 23.2 Å². The molecular formula is C15H4Cl2F8O3. The first kappa shape index (κ1) is 22.0. The first-order chi connectivity index (χ1) is 12.7. The Morgan fingerprint density at radius 2 is 1.04 bits per heavy atom. The molecule has 0 N–H and O–H groups in total. The fraction of sp³-hybridized carbons (Fsp3) is 0.133. The molecule has 0 saturated heterocycles. The minimum Gasteiger partial charge on any atom is -0.390 e. The molecule has 0 heterocycles. The summed E-state index contributed by atoms with van der Waals surface area (Å²) in [6.45, 7) is 0. The Balaban J connectivity index is 2.26. The van der Waals surface area contributed by atoms with Crippen LogP contribution in [0.4, 0.5) is 39.9 Å². The van der Waals surface area contributed by atoms with Crippen LogP contribution in [0.15, 0.2) is 24.3 Å². The lowest BCUT2D eigenvalue weighted by Crippen LogP contribution is -2.17. The molecule has 0 aliphatic heterocycles. The number of ether oxygens (including phenoxy) is 2. The molecule has 152 valence electrons. The van der Waals surface area contributed by atoms with Gasteiger partial charge in [-0.3, -0.25) is 0 Å². The molecule has 28 heavy (non-hydrogen) atoms. The second-order valence-electron chi connectivity index (χ2n) is 4.99. The quantitative estimate of drug-likeness (QED) is 0.281. The van der Waals surface area contributed by atoms with Crippen molar-refractivity contribution in [1.82, 2.24) is 0 Å². The van der Waals surface area contributed by atoms with Gasteiger partial charge in [0.05, 0.1) is 21.2 Å². The molecule has 2 aromatic carbocycles. The van der Waals surface area contributed by atoms with Crippen LogP contribution in [0, 0.1) is 11.6 Å². The maximum Gasteiger partial charge on any atom is 0.519 e. The number of hydrogen-bond donors (Lipinski definition) is 0. The Labute approximate surface area is 160 Å². The molecular weight excluding hydrogens is 451 g/mol. The summed E-state index contributed by atoms with van der Waals surface area (Å²) in [6, 6.07) is 0.443. The molecule has 0 atom stereocenters. The minimum atomic E-state index is -4.94. The second kappa shape index (κ2) is 7.63. The van der Waals surface area contributed by atoms with Crippen LogP contribution in [0.1, 0.15) is 11.1 Å². The zero-order valence-electron chi connectivity index (χ0n) is 12.8. The van der Waals surface area contributed by atoms with E-state index in [2.05, 4.69) is 9.47 Å². The molecule has 0 radical (unpaired) electrons. The van der Waals surface area contributed by atoms with Gasteiger partial charge in [-0.15, -0.1) is 0 Å². The highest BCUT2D eigenvalue weighted by Gasteiger charge is 2.34. The van der Waals surface area contributed by atoms with E-state index < -0.39 is 62.8 Å². The number of alkyl halides is 6. The van der Waals surface area contributed by atoms with Crippen LogP contribution in [-0.4, -0.2) is 6.16 Å². The molecule has 0 fully saturated rings. The molecule has 0 aliphatic carbocycles. The molecule has 0 amide bonds. The Hall–Kier alpha value is -2.27. The lowest BCUT2D eigenvalue weighted by atomic mass is 10.2. The van der Waals surface area contributed by atoms with Gasteiger partial charge in [0.1, 0.15) is 0 Å². The standard InChI is InChI=1S/C15H4Cl2F8O3/c16-7-1-5(14(20,21)22)3-9(18)11(7)27-13(26)28-12-8(17)2-6(4-10(12)19)15(23,24)25/h1-4H. The predicted octanol–water partition coefficient (Wildman–Crippen LogP) is 6.89. The van der Waals surface area contributed by atoms with E-state index in [0.717, 1.165) is 0 Å². The molecule has 2 rings (SSSR count). The summed E-state index contributed by atoms with van der Waals surface area (Å²) in [6.07, 6.45) is -11.8.